The summed E-state index contributed by atoms with van der Waals surface area (Å²) in [7, 11) is 0. The van der Waals surface area contributed by atoms with Crippen LogP contribution in [-0.2, 0) is 4.79 Å². The Morgan fingerprint density at radius 2 is 1.72 bits per heavy atom. The summed E-state index contributed by atoms with van der Waals surface area (Å²) in [5.41, 5.74) is 2.06. The van der Waals surface area contributed by atoms with Crippen LogP contribution in [0.15, 0.2) is 59.8 Å². The van der Waals surface area contributed by atoms with Gasteiger partial charge in [-0.25, -0.2) is 0 Å². The molecule has 0 atom stereocenters. The number of tetrazole rings is 1. The van der Waals surface area contributed by atoms with Crippen molar-refractivity contribution in [3.8, 4) is 5.69 Å². The van der Waals surface area contributed by atoms with E-state index in [4.69, 9.17) is 0 Å². The molecule has 0 radical (unpaired) electrons. The van der Waals surface area contributed by atoms with Crippen molar-refractivity contribution in [3.63, 3.8) is 0 Å². The van der Waals surface area contributed by atoms with Crippen LogP contribution in [0.5, 0.6) is 0 Å². The van der Waals surface area contributed by atoms with E-state index in [-0.39, 0.29) is 17.6 Å². The zero-order valence-electron chi connectivity index (χ0n) is 16.3. The predicted octanol–water partition coefficient (Wildman–Crippen LogP) is 2.88. The van der Waals surface area contributed by atoms with Crippen LogP contribution >= 0.6 is 11.8 Å². The molecule has 1 heterocycles. The van der Waals surface area contributed by atoms with Gasteiger partial charge in [-0.1, -0.05) is 30.0 Å². The first kappa shape index (κ1) is 20.5. The third kappa shape index (κ3) is 5.20. The Kier molecular flexibility index (Phi) is 6.96. The minimum absolute atomic E-state index is 0.0174. The molecule has 0 unspecified atom stereocenters. The van der Waals surface area contributed by atoms with E-state index in [0.29, 0.717) is 29.5 Å². The van der Waals surface area contributed by atoms with Gasteiger partial charge in [0.25, 0.3) is 5.91 Å². The van der Waals surface area contributed by atoms with Crippen molar-refractivity contribution in [2.24, 2.45) is 0 Å². The molecule has 3 rings (SSSR count). The number of nitrogens with zero attached hydrogens (tertiary/aromatic N) is 5. The first-order valence-electron chi connectivity index (χ1n) is 9.28. The van der Waals surface area contributed by atoms with E-state index >= 15 is 0 Å². The van der Waals surface area contributed by atoms with Gasteiger partial charge < -0.3 is 10.2 Å². The molecule has 0 saturated heterocycles. The summed E-state index contributed by atoms with van der Waals surface area (Å²) in [6.45, 7) is 5.21. The first-order chi connectivity index (χ1) is 14.1. The monoisotopic (exact) mass is 410 g/mol. The van der Waals surface area contributed by atoms with Crippen molar-refractivity contribution in [1.29, 1.82) is 0 Å². The van der Waals surface area contributed by atoms with Crippen LogP contribution in [-0.4, -0.2) is 55.8 Å². The van der Waals surface area contributed by atoms with E-state index in [1.807, 2.05) is 44.2 Å². The third-order valence-electron chi connectivity index (χ3n) is 4.24. The molecule has 3 aromatic rings. The molecule has 1 aromatic heterocycles. The second-order valence-corrected chi connectivity index (χ2v) is 7.04. The zero-order valence-corrected chi connectivity index (χ0v) is 17.1. The highest BCUT2D eigenvalue weighted by molar-refractivity contribution is 7.99. The van der Waals surface area contributed by atoms with Crippen LogP contribution in [0.2, 0.25) is 0 Å². The average Bonchev–Trinajstić information content (AvgIpc) is 3.23. The van der Waals surface area contributed by atoms with Crippen molar-refractivity contribution in [3.05, 3.63) is 60.2 Å². The number of hydrogen-bond donors (Lipinski definition) is 1. The first-order valence-corrected chi connectivity index (χ1v) is 10.3. The Morgan fingerprint density at radius 1 is 1.03 bits per heavy atom. The maximum Gasteiger partial charge on any atom is 0.253 e. The molecule has 8 nitrogen and oxygen atoms in total. The number of aromatic nitrogens is 4. The van der Waals surface area contributed by atoms with Crippen LogP contribution in [0.3, 0.4) is 0 Å². The molecule has 0 bridgehead atoms. The molecule has 29 heavy (non-hydrogen) atoms. The van der Waals surface area contributed by atoms with Crippen molar-refractivity contribution < 1.29 is 9.59 Å². The van der Waals surface area contributed by atoms with Gasteiger partial charge >= 0.3 is 0 Å². The van der Waals surface area contributed by atoms with E-state index in [1.54, 1.807) is 33.8 Å². The number of rotatable bonds is 8. The topological polar surface area (TPSA) is 93.0 Å². The summed E-state index contributed by atoms with van der Waals surface area (Å²) in [4.78, 5) is 26.4. The lowest BCUT2D eigenvalue weighted by Crippen LogP contribution is -2.30. The zero-order chi connectivity index (χ0) is 20.6. The van der Waals surface area contributed by atoms with Crippen LogP contribution in [0.25, 0.3) is 5.69 Å². The lowest BCUT2D eigenvalue weighted by Gasteiger charge is -2.18. The molecule has 0 spiro atoms. The number of benzene rings is 2. The summed E-state index contributed by atoms with van der Waals surface area (Å²) in [6, 6.07) is 16.4. The maximum atomic E-state index is 12.3. The van der Waals surface area contributed by atoms with E-state index in [1.165, 1.54) is 11.8 Å². The van der Waals surface area contributed by atoms with Crippen LogP contribution in [0, 0.1) is 0 Å². The van der Waals surface area contributed by atoms with Gasteiger partial charge in [-0.05, 0) is 60.7 Å². The fourth-order valence-electron chi connectivity index (χ4n) is 2.72. The van der Waals surface area contributed by atoms with Crippen molar-refractivity contribution in [2.75, 3.05) is 24.2 Å². The Balaban J connectivity index is 1.57. The Morgan fingerprint density at radius 3 is 2.38 bits per heavy atom. The number of thioether (sulfide) groups is 1. The number of amides is 2. The van der Waals surface area contributed by atoms with E-state index < -0.39 is 0 Å². The molecular weight excluding hydrogens is 388 g/mol. The fourth-order valence-corrected chi connectivity index (χ4v) is 3.41. The molecule has 2 aromatic carbocycles. The summed E-state index contributed by atoms with van der Waals surface area (Å²) >= 11 is 1.25. The average molecular weight is 411 g/mol. The molecule has 0 aliphatic heterocycles. The highest BCUT2D eigenvalue weighted by Crippen LogP contribution is 2.18. The number of hydrogen-bond acceptors (Lipinski definition) is 6. The molecule has 0 fully saturated rings. The third-order valence-corrected chi connectivity index (χ3v) is 5.16. The second kappa shape index (κ2) is 9.83. The summed E-state index contributed by atoms with van der Waals surface area (Å²) < 4.78 is 1.59. The standard InChI is InChI=1S/C20H22N6O2S/c1-3-25(4-2)19(28)15-10-12-16(13-11-15)21-18(27)14-29-20-22-23-24-26(20)17-8-6-5-7-9-17/h5-13H,3-4,14H2,1-2H3,(H,21,27). The summed E-state index contributed by atoms with van der Waals surface area (Å²) in [5, 5.41) is 15.0. The number of carbonyl (C=O) groups excluding carboxylic acids is 2. The maximum absolute atomic E-state index is 12.3. The smallest absolute Gasteiger partial charge is 0.253 e. The van der Waals surface area contributed by atoms with Gasteiger partial charge in [-0.3, -0.25) is 9.59 Å². The van der Waals surface area contributed by atoms with Crippen molar-refractivity contribution in [2.45, 2.75) is 19.0 Å². The van der Waals surface area contributed by atoms with Crippen LogP contribution < -0.4 is 5.32 Å². The van der Waals surface area contributed by atoms with Gasteiger partial charge in [0.15, 0.2) is 0 Å². The van der Waals surface area contributed by atoms with E-state index in [2.05, 4.69) is 20.8 Å². The van der Waals surface area contributed by atoms with Gasteiger partial charge in [0.2, 0.25) is 11.1 Å². The van der Waals surface area contributed by atoms with Crippen LogP contribution in [0.1, 0.15) is 24.2 Å². The van der Waals surface area contributed by atoms with Crippen molar-refractivity contribution >= 4 is 29.3 Å². The van der Waals surface area contributed by atoms with Gasteiger partial charge in [0, 0.05) is 24.3 Å². The van der Waals surface area contributed by atoms with Gasteiger partial charge in [-0.15, -0.1) is 5.10 Å². The van der Waals surface area contributed by atoms with Gasteiger partial charge in [0.1, 0.15) is 0 Å². The number of nitrogens with one attached hydrogen (secondary N) is 1. The molecular formula is C20H22N6O2S. The van der Waals surface area contributed by atoms with E-state index in [9.17, 15) is 9.59 Å². The van der Waals surface area contributed by atoms with Crippen molar-refractivity contribution in [1.82, 2.24) is 25.1 Å². The highest BCUT2D eigenvalue weighted by atomic mass is 32.2. The lowest BCUT2D eigenvalue weighted by atomic mass is 10.2. The minimum Gasteiger partial charge on any atom is -0.339 e. The molecule has 0 aliphatic rings. The second-order valence-electron chi connectivity index (χ2n) is 6.10. The SMILES string of the molecule is CCN(CC)C(=O)c1ccc(NC(=O)CSc2nnnn2-c2ccccc2)cc1. The fraction of sp³-hybridized carbons (Fsp3) is 0.250. The number of carbonyl (C=O) groups is 2. The molecule has 150 valence electrons. The summed E-state index contributed by atoms with van der Waals surface area (Å²) in [6.07, 6.45) is 0. The molecule has 0 aliphatic carbocycles. The predicted molar refractivity (Wildman–Crippen MR) is 112 cm³/mol. The molecule has 9 heteroatoms. The number of para-hydroxylation sites is 1. The molecule has 2 amide bonds. The van der Waals surface area contributed by atoms with E-state index in [0.717, 1.165) is 5.69 Å². The number of anilines is 1. The van der Waals surface area contributed by atoms with Gasteiger partial charge in [-0.2, -0.15) is 4.68 Å². The van der Waals surface area contributed by atoms with Gasteiger partial charge in [0.05, 0.1) is 11.4 Å². The lowest BCUT2D eigenvalue weighted by molar-refractivity contribution is -0.113. The van der Waals surface area contributed by atoms with Crippen LogP contribution in [0.4, 0.5) is 5.69 Å². The quantitative estimate of drug-likeness (QED) is 0.574. The minimum atomic E-state index is -0.180. The Hall–Kier alpha value is -3.20. The molecule has 1 N–H and O–H groups in total. The highest BCUT2D eigenvalue weighted by Gasteiger charge is 2.14. The molecule has 0 saturated carbocycles. The largest absolute Gasteiger partial charge is 0.339 e. The Labute approximate surface area is 173 Å². The Bertz CT molecular complexity index is 955. The summed E-state index contributed by atoms with van der Waals surface area (Å²) in [5.74, 6) is -0.0375. The normalized spacial score (nSPS) is 10.6.